The van der Waals surface area contributed by atoms with E-state index < -0.39 is 0 Å². The average Bonchev–Trinajstić information content (AvgIpc) is 3.33. The molecule has 144 valence electrons. The van der Waals surface area contributed by atoms with Gasteiger partial charge < -0.3 is 14.2 Å². The fourth-order valence-corrected chi connectivity index (χ4v) is 3.61. The molecule has 4 rings (SSSR count). The zero-order valence-electron chi connectivity index (χ0n) is 15.0. The van der Waals surface area contributed by atoms with Gasteiger partial charge in [0, 0.05) is 12.3 Å². The number of aromatic nitrogens is 3. The van der Waals surface area contributed by atoms with Crippen molar-refractivity contribution >= 4 is 11.8 Å². The largest absolute Gasteiger partial charge is 0.486 e. The summed E-state index contributed by atoms with van der Waals surface area (Å²) < 4.78 is 31.4. The predicted molar refractivity (Wildman–Crippen MR) is 103 cm³/mol. The molecule has 8 heteroatoms. The van der Waals surface area contributed by atoms with Crippen LogP contribution in [0.5, 0.6) is 17.2 Å². The Morgan fingerprint density at radius 2 is 1.96 bits per heavy atom. The van der Waals surface area contributed by atoms with Crippen molar-refractivity contribution in [2.24, 2.45) is 0 Å². The molecule has 1 aliphatic heterocycles. The molecular formula is C20H18FN3O3S. The van der Waals surface area contributed by atoms with Gasteiger partial charge in [0.05, 0.1) is 0 Å². The van der Waals surface area contributed by atoms with Crippen LogP contribution in [0.3, 0.4) is 0 Å². The third-order valence-corrected chi connectivity index (χ3v) is 5.13. The lowest BCUT2D eigenvalue weighted by molar-refractivity contribution is 0.174. The maximum absolute atomic E-state index is 13.0. The standard InChI is InChI=1S/C20H18FN3O3S/c1-2-9-24-19(11-25-16-6-4-15(21)5-7-16)22-23-20(24)28-12-14-3-8-17-18(10-14)27-13-26-17/h2-8,10H,1,9,11-13H2. The van der Waals surface area contributed by atoms with Crippen molar-refractivity contribution in [3.05, 3.63) is 72.3 Å². The van der Waals surface area contributed by atoms with E-state index in [0.29, 0.717) is 23.9 Å². The Bertz CT molecular complexity index is 975. The number of allylic oxidation sites excluding steroid dienone is 1. The van der Waals surface area contributed by atoms with Crippen LogP contribution >= 0.6 is 11.8 Å². The smallest absolute Gasteiger partial charge is 0.231 e. The fraction of sp³-hybridized carbons (Fsp3) is 0.200. The first-order valence-electron chi connectivity index (χ1n) is 8.65. The molecule has 0 aliphatic carbocycles. The Hall–Kier alpha value is -3.00. The quantitative estimate of drug-likeness (QED) is 0.418. The van der Waals surface area contributed by atoms with E-state index in [4.69, 9.17) is 14.2 Å². The molecule has 0 atom stereocenters. The van der Waals surface area contributed by atoms with E-state index in [-0.39, 0.29) is 19.2 Å². The molecule has 1 aliphatic rings. The van der Waals surface area contributed by atoms with Gasteiger partial charge in [0.2, 0.25) is 6.79 Å². The van der Waals surface area contributed by atoms with E-state index in [2.05, 4.69) is 16.8 Å². The molecule has 1 aromatic heterocycles. The maximum atomic E-state index is 13.0. The van der Waals surface area contributed by atoms with E-state index in [1.807, 2.05) is 22.8 Å². The summed E-state index contributed by atoms with van der Waals surface area (Å²) in [6, 6.07) is 11.8. The Balaban J connectivity index is 1.43. The molecule has 0 bridgehead atoms. The summed E-state index contributed by atoms with van der Waals surface area (Å²) in [6.07, 6.45) is 1.79. The van der Waals surface area contributed by atoms with Gasteiger partial charge in [-0.15, -0.1) is 16.8 Å². The highest BCUT2D eigenvalue weighted by Crippen LogP contribution is 2.34. The highest BCUT2D eigenvalue weighted by atomic mass is 32.2. The van der Waals surface area contributed by atoms with E-state index in [0.717, 1.165) is 22.2 Å². The van der Waals surface area contributed by atoms with Crippen LogP contribution in [-0.2, 0) is 18.9 Å². The fourth-order valence-electron chi connectivity index (χ4n) is 2.70. The number of hydrogen-bond donors (Lipinski definition) is 0. The highest BCUT2D eigenvalue weighted by molar-refractivity contribution is 7.98. The zero-order valence-corrected chi connectivity index (χ0v) is 15.8. The second-order valence-corrected chi connectivity index (χ2v) is 6.96. The summed E-state index contributed by atoms with van der Waals surface area (Å²) in [5, 5.41) is 9.29. The highest BCUT2D eigenvalue weighted by Gasteiger charge is 2.15. The van der Waals surface area contributed by atoms with E-state index in [1.165, 1.54) is 12.1 Å². The molecule has 0 radical (unpaired) electrons. The van der Waals surface area contributed by atoms with Crippen molar-refractivity contribution in [2.45, 2.75) is 24.1 Å². The predicted octanol–water partition coefficient (Wildman–Crippen LogP) is 4.20. The molecule has 6 nitrogen and oxygen atoms in total. The first kappa shape index (κ1) is 18.4. The number of rotatable bonds is 8. The molecule has 0 unspecified atom stereocenters. The average molecular weight is 399 g/mol. The van der Waals surface area contributed by atoms with Gasteiger partial charge in [0.1, 0.15) is 18.2 Å². The second kappa shape index (κ2) is 8.35. The summed E-state index contributed by atoms with van der Waals surface area (Å²) in [5.74, 6) is 3.19. The molecule has 2 aromatic carbocycles. The lowest BCUT2D eigenvalue weighted by atomic mass is 10.2. The third kappa shape index (κ3) is 4.12. The monoisotopic (exact) mass is 399 g/mol. The Labute approximate surface area is 165 Å². The van der Waals surface area contributed by atoms with Gasteiger partial charge in [0.15, 0.2) is 22.5 Å². The Morgan fingerprint density at radius 1 is 1.14 bits per heavy atom. The third-order valence-electron chi connectivity index (χ3n) is 4.09. The Kier molecular flexibility index (Phi) is 5.48. The Morgan fingerprint density at radius 3 is 2.79 bits per heavy atom. The summed E-state index contributed by atoms with van der Waals surface area (Å²) in [4.78, 5) is 0. The van der Waals surface area contributed by atoms with Crippen molar-refractivity contribution in [1.29, 1.82) is 0 Å². The summed E-state index contributed by atoms with van der Waals surface area (Å²) >= 11 is 1.57. The molecule has 3 aromatic rings. The summed E-state index contributed by atoms with van der Waals surface area (Å²) in [7, 11) is 0. The number of benzene rings is 2. The number of fused-ring (bicyclic) bond motifs is 1. The molecule has 2 heterocycles. The van der Waals surface area contributed by atoms with Gasteiger partial charge in [-0.05, 0) is 42.0 Å². The lowest BCUT2D eigenvalue weighted by Crippen LogP contribution is -2.07. The maximum Gasteiger partial charge on any atom is 0.231 e. The molecule has 0 amide bonds. The number of hydrogen-bond acceptors (Lipinski definition) is 6. The van der Waals surface area contributed by atoms with E-state index >= 15 is 0 Å². The number of thioether (sulfide) groups is 1. The van der Waals surface area contributed by atoms with Gasteiger partial charge >= 0.3 is 0 Å². The van der Waals surface area contributed by atoms with Gasteiger partial charge in [-0.25, -0.2) is 4.39 Å². The molecular weight excluding hydrogens is 381 g/mol. The van der Waals surface area contributed by atoms with Gasteiger partial charge in [-0.1, -0.05) is 23.9 Å². The van der Waals surface area contributed by atoms with Crippen LogP contribution in [0.15, 0.2) is 60.3 Å². The van der Waals surface area contributed by atoms with Gasteiger partial charge in [0.25, 0.3) is 0 Å². The van der Waals surface area contributed by atoms with Crippen LogP contribution in [0.1, 0.15) is 11.4 Å². The van der Waals surface area contributed by atoms with Crippen molar-refractivity contribution in [3.63, 3.8) is 0 Å². The van der Waals surface area contributed by atoms with Gasteiger partial charge in [-0.2, -0.15) is 0 Å². The molecule has 0 saturated carbocycles. The number of nitrogens with zero attached hydrogens (tertiary/aromatic N) is 3. The van der Waals surface area contributed by atoms with Gasteiger partial charge in [-0.3, -0.25) is 4.57 Å². The van der Waals surface area contributed by atoms with Crippen LogP contribution < -0.4 is 14.2 Å². The lowest BCUT2D eigenvalue weighted by Gasteiger charge is -2.09. The van der Waals surface area contributed by atoms with Crippen LogP contribution in [0.25, 0.3) is 0 Å². The molecule has 0 saturated heterocycles. The van der Waals surface area contributed by atoms with Crippen LogP contribution in [0, 0.1) is 5.82 Å². The van der Waals surface area contributed by atoms with Crippen molar-refractivity contribution in [3.8, 4) is 17.2 Å². The second-order valence-electron chi connectivity index (χ2n) is 6.02. The van der Waals surface area contributed by atoms with Crippen molar-refractivity contribution in [1.82, 2.24) is 14.8 Å². The first-order valence-corrected chi connectivity index (χ1v) is 9.64. The molecule has 0 N–H and O–H groups in total. The minimum absolute atomic E-state index is 0.233. The van der Waals surface area contributed by atoms with Crippen molar-refractivity contribution in [2.75, 3.05) is 6.79 Å². The number of halogens is 1. The molecule has 0 spiro atoms. The number of ether oxygens (including phenoxy) is 3. The van der Waals surface area contributed by atoms with Crippen LogP contribution in [0.4, 0.5) is 4.39 Å². The van der Waals surface area contributed by atoms with E-state index in [9.17, 15) is 4.39 Å². The van der Waals surface area contributed by atoms with Crippen LogP contribution in [0.2, 0.25) is 0 Å². The topological polar surface area (TPSA) is 58.4 Å². The minimum atomic E-state index is -0.302. The van der Waals surface area contributed by atoms with Crippen LogP contribution in [-0.4, -0.2) is 21.6 Å². The minimum Gasteiger partial charge on any atom is -0.486 e. The van der Waals surface area contributed by atoms with Crippen molar-refractivity contribution < 1.29 is 18.6 Å². The SMILES string of the molecule is C=CCn1c(COc2ccc(F)cc2)nnc1SCc1ccc2c(c1)OCO2. The van der Waals surface area contributed by atoms with E-state index in [1.54, 1.807) is 30.0 Å². The molecule has 28 heavy (non-hydrogen) atoms. The molecule has 0 fully saturated rings. The first-order chi connectivity index (χ1) is 13.7. The normalized spacial score (nSPS) is 12.2. The summed E-state index contributed by atoms with van der Waals surface area (Å²) in [5.41, 5.74) is 1.10. The summed E-state index contributed by atoms with van der Waals surface area (Å²) in [6.45, 7) is 4.87. The zero-order chi connectivity index (χ0) is 19.3.